The summed E-state index contributed by atoms with van der Waals surface area (Å²) in [5.74, 6) is -0.101. The molecule has 6 nitrogen and oxygen atoms in total. The zero-order valence-electron chi connectivity index (χ0n) is 7.54. The van der Waals surface area contributed by atoms with E-state index in [2.05, 4.69) is 9.46 Å². The number of ether oxygens (including phenoxy) is 1. The maximum Gasteiger partial charge on any atom is 0.213 e. The minimum atomic E-state index is -3.27. The topological polar surface area (TPSA) is 105 Å². The van der Waals surface area contributed by atoms with Gasteiger partial charge in [0.05, 0.1) is 18.2 Å². The van der Waals surface area contributed by atoms with Crippen LogP contribution in [0.4, 0.5) is 0 Å². The summed E-state index contributed by atoms with van der Waals surface area (Å²) in [6.45, 7) is 0.330. The summed E-state index contributed by atoms with van der Waals surface area (Å²) in [5.41, 5.74) is 5.05. The van der Waals surface area contributed by atoms with Crippen molar-refractivity contribution in [1.29, 1.82) is 5.41 Å². The summed E-state index contributed by atoms with van der Waals surface area (Å²) in [6.07, 6.45) is 0.228. The van der Waals surface area contributed by atoms with Crippen molar-refractivity contribution in [1.82, 2.24) is 4.72 Å². The van der Waals surface area contributed by atoms with Gasteiger partial charge in [-0.1, -0.05) is 0 Å². The normalized spacial score (nSPS) is 11.5. The molecule has 0 bridgehead atoms. The summed E-state index contributed by atoms with van der Waals surface area (Å²) < 4.78 is 29.1. The van der Waals surface area contributed by atoms with Gasteiger partial charge in [0.2, 0.25) is 10.0 Å². The van der Waals surface area contributed by atoms with E-state index in [1.807, 2.05) is 0 Å². The van der Waals surface area contributed by atoms with Gasteiger partial charge < -0.3 is 10.5 Å². The molecule has 0 heterocycles. The number of rotatable bonds is 7. The first-order valence-corrected chi connectivity index (χ1v) is 5.42. The third-order valence-corrected chi connectivity index (χ3v) is 2.62. The molecule has 78 valence electrons. The highest BCUT2D eigenvalue weighted by atomic mass is 32.2. The van der Waals surface area contributed by atoms with Crippen LogP contribution >= 0.6 is 0 Å². The summed E-state index contributed by atoms with van der Waals surface area (Å²) in [4.78, 5) is 0. The van der Waals surface area contributed by atoms with Gasteiger partial charge in [0.25, 0.3) is 0 Å². The Hall–Kier alpha value is -0.660. The Balaban J connectivity index is 3.70. The van der Waals surface area contributed by atoms with Crippen LogP contribution in [0.2, 0.25) is 0 Å². The van der Waals surface area contributed by atoms with Gasteiger partial charge in [-0.05, 0) is 0 Å². The van der Waals surface area contributed by atoms with Crippen LogP contribution in [0.1, 0.15) is 6.42 Å². The van der Waals surface area contributed by atoms with Crippen LogP contribution in [0.15, 0.2) is 0 Å². The number of methoxy groups -OCH3 is 1. The van der Waals surface area contributed by atoms with Gasteiger partial charge in [-0.25, -0.2) is 13.1 Å². The van der Waals surface area contributed by atoms with Crippen LogP contribution in [-0.4, -0.2) is 40.3 Å². The Morgan fingerprint density at radius 2 is 2.23 bits per heavy atom. The molecule has 7 heteroatoms. The Kier molecular flexibility index (Phi) is 5.60. The van der Waals surface area contributed by atoms with Crippen LogP contribution in [0.5, 0.6) is 0 Å². The lowest BCUT2D eigenvalue weighted by Gasteiger charge is -2.04. The molecule has 0 aromatic carbocycles. The first kappa shape index (κ1) is 12.3. The van der Waals surface area contributed by atoms with Crippen molar-refractivity contribution in [3.8, 4) is 0 Å². The van der Waals surface area contributed by atoms with Crippen molar-refractivity contribution in [2.45, 2.75) is 6.42 Å². The van der Waals surface area contributed by atoms with E-state index in [0.717, 1.165) is 0 Å². The third-order valence-electron chi connectivity index (χ3n) is 1.27. The van der Waals surface area contributed by atoms with Gasteiger partial charge in [0, 0.05) is 20.1 Å². The van der Waals surface area contributed by atoms with Crippen molar-refractivity contribution >= 4 is 15.9 Å². The van der Waals surface area contributed by atoms with Gasteiger partial charge in [-0.2, -0.15) is 0 Å². The molecule has 0 aromatic rings. The van der Waals surface area contributed by atoms with Gasteiger partial charge in [0.1, 0.15) is 0 Å². The highest BCUT2D eigenvalue weighted by Crippen LogP contribution is 1.85. The number of amidine groups is 1. The van der Waals surface area contributed by atoms with Crippen LogP contribution in [0.3, 0.4) is 0 Å². The fraction of sp³-hybridized carbons (Fsp3) is 0.833. The minimum absolute atomic E-state index is 0.0329. The van der Waals surface area contributed by atoms with E-state index in [0.29, 0.717) is 0 Å². The summed E-state index contributed by atoms with van der Waals surface area (Å²) >= 11 is 0. The summed E-state index contributed by atoms with van der Waals surface area (Å²) in [6, 6.07) is 0. The second kappa shape index (κ2) is 5.90. The number of sulfonamides is 1. The highest BCUT2D eigenvalue weighted by Gasteiger charge is 2.08. The second-order valence-electron chi connectivity index (χ2n) is 2.48. The molecule has 0 spiro atoms. The van der Waals surface area contributed by atoms with Gasteiger partial charge in [-0.15, -0.1) is 0 Å². The molecule has 0 aliphatic rings. The van der Waals surface area contributed by atoms with E-state index in [1.54, 1.807) is 0 Å². The van der Waals surface area contributed by atoms with Gasteiger partial charge in [0.15, 0.2) is 0 Å². The zero-order chi connectivity index (χ0) is 10.3. The van der Waals surface area contributed by atoms with E-state index < -0.39 is 10.0 Å². The summed E-state index contributed by atoms with van der Waals surface area (Å²) in [7, 11) is -1.83. The first-order chi connectivity index (χ1) is 5.98. The quantitative estimate of drug-likeness (QED) is 0.365. The fourth-order valence-corrected chi connectivity index (χ4v) is 1.55. The molecule has 0 saturated heterocycles. The van der Waals surface area contributed by atoms with Crippen molar-refractivity contribution < 1.29 is 13.2 Å². The fourth-order valence-electron chi connectivity index (χ4n) is 0.606. The molecular formula is C6H15N3O3S. The number of hydrogen-bond acceptors (Lipinski definition) is 4. The number of nitrogens with one attached hydrogen (secondary N) is 2. The molecule has 0 saturated carbocycles. The van der Waals surface area contributed by atoms with Crippen molar-refractivity contribution in [2.24, 2.45) is 5.73 Å². The maximum absolute atomic E-state index is 11.1. The third kappa shape index (κ3) is 7.69. The average Bonchev–Trinajstić information content (AvgIpc) is 2.00. The standard InChI is InChI=1S/C6H15N3O3S/c1-12-4-5-13(10,11)9-3-2-6(7)8/h9H,2-5H2,1H3,(H3,7,8). The second-order valence-corrected chi connectivity index (χ2v) is 4.41. The zero-order valence-corrected chi connectivity index (χ0v) is 8.36. The molecule has 4 N–H and O–H groups in total. The number of nitrogens with two attached hydrogens (primary N) is 1. The molecule has 0 radical (unpaired) electrons. The van der Waals surface area contributed by atoms with Crippen LogP contribution < -0.4 is 10.5 Å². The van der Waals surface area contributed by atoms with E-state index in [1.165, 1.54) is 7.11 Å². The van der Waals surface area contributed by atoms with Crippen LogP contribution in [0, 0.1) is 5.41 Å². The lowest BCUT2D eigenvalue weighted by atomic mass is 10.4. The van der Waals surface area contributed by atoms with E-state index >= 15 is 0 Å². The van der Waals surface area contributed by atoms with E-state index in [9.17, 15) is 8.42 Å². The largest absolute Gasteiger partial charge is 0.388 e. The highest BCUT2D eigenvalue weighted by molar-refractivity contribution is 7.89. The Labute approximate surface area is 78.0 Å². The van der Waals surface area contributed by atoms with E-state index in [4.69, 9.17) is 11.1 Å². The minimum Gasteiger partial charge on any atom is -0.388 e. The molecule has 0 rings (SSSR count). The van der Waals surface area contributed by atoms with Gasteiger partial charge >= 0.3 is 0 Å². The molecule has 0 aliphatic heterocycles. The van der Waals surface area contributed by atoms with Crippen molar-refractivity contribution in [2.75, 3.05) is 26.0 Å². The van der Waals surface area contributed by atoms with Crippen molar-refractivity contribution in [3.05, 3.63) is 0 Å². The molecule has 0 amide bonds. The first-order valence-electron chi connectivity index (χ1n) is 3.77. The molecular weight excluding hydrogens is 194 g/mol. The molecule has 0 atom stereocenters. The van der Waals surface area contributed by atoms with Gasteiger partial charge in [-0.3, -0.25) is 5.41 Å². The number of hydrogen-bond donors (Lipinski definition) is 3. The lowest BCUT2D eigenvalue weighted by molar-refractivity contribution is 0.217. The molecule has 0 aromatic heterocycles. The molecule has 0 fully saturated rings. The Bertz CT molecular complexity index is 250. The van der Waals surface area contributed by atoms with Crippen LogP contribution in [0.25, 0.3) is 0 Å². The molecule has 0 unspecified atom stereocenters. The van der Waals surface area contributed by atoms with Crippen molar-refractivity contribution in [3.63, 3.8) is 0 Å². The molecule has 13 heavy (non-hydrogen) atoms. The molecule has 0 aliphatic carbocycles. The Morgan fingerprint density at radius 3 is 2.69 bits per heavy atom. The van der Waals surface area contributed by atoms with Crippen LogP contribution in [-0.2, 0) is 14.8 Å². The maximum atomic E-state index is 11.1. The smallest absolute Gasteiger partial charge is 0.213 e. The predicted octanol–water partition coefficient (Wildman–Crippen LogP) is -1.12. The Morgan fingerprint density at radius 1 is 1.62 bits per heavy atom. The predicted molar refractivity (Wildman–Crippen MR) is 50.2 cm³/mol. The average molecular weight is 209 g/mol. The lowest BCUT2D eigenvalue weighted by Crippen LogP contribution is -2.31. The van der Waals surface area contributed by atoms with E-state index in [-0.39, 0.29) is 31.2 Å². The monoisotopic (exact) mass is 209 g/mol. The summed E-state index contributed by atoms with van der Waals surface area (Å²) in [5, 5.41) is 6.86. The SMILES string of the molecule is COCCS(=O)(=O)NCCC(=N)N.